The summed E-state index contributed by atoms with van der Waals surface area (Å²) in [6, 6.07) is 0. The van der Waals surface area contributed by atoms with Crippen LogP contribution < -0.4 is 0 Å². The van der Waals surface area contributed by atoms with Crippen molar-refractivity contribution < 1.29 is 28.6 Å². The second kappa shape index (κ2) is 40.7. The lowest BCUT2D eigenvalue weighted by Gasteiger charge is -2.18. The number of hydrogen-bond donors (Lipinski definition) is 0. The maximum Gasteiger partial charge on any atom is 0.306 e. The fraction of sp³-hybridized carbons (Fsp3) is 0.844. The number of allylic oxidation sites excluding steroid dienone is 4. The highest BCUT2D eigenvalue weighted by Crippen LogP contribution is 2.14. The van der Waals surface area contributed by atoms with Crippen LogP contribution in [0.5, 0.6) is 0 Å². The molecule has 6 nitrogen and oxygen atoms in total. The van der Waals surface area contributed by atoms with E-state index in [4.69, 9.17) is 14.2 Å². The van der Waals surface area contributed by atoms with Crippen LogP contribution in [0.15, 0.2) is 24.3 Å². The number of esters is 3. The van der Waals surface area contributed by atoms with E-state index in [9.17, 15) is 14.4 Å². The van der Waals surface area contributed by atoms with Crippen molar-refractivity contribution in [1.82, 2.24) is 0 Å². The van der Waals surface area contributed by atoms with E-state index in [2.05, 4.69) is 45.1 Å². The molecule has 6 heteroatoms. The third-order valence-corrected chi connectivity index (χ3v) is 9.43. The summed E-state index contributed by atoms with van der Waals surface area (Å²) in [6.07, 6.45) is 43.0. The van der Waals surface area contributed by atoms with Gasteiger partial charge in [0.05, 0.1) is 0 Å². The Morgan fingerprint density at radius 2 is 0.647 bits per heavy atom. The summed E-state index contributed by atoms with van der Waals surface area (Å²) in [7, 11) is 0. The zero-order valence-corrected chi connectivity index (χ0v) is 33.9. The normalized spacial score (nSPS) is 12.1. The topological polar surface area (TPSA) is 78.9 Å². The van der Waals surface area contributed by atoms with Gasteiger partial charge in [-0.1, -0.05) is 161 Å². The molecule has 0 bridgehead atoms. The van der Waals surface area contributed by atoms with E-state index < -0.39 is 6.10 Å². The van der Waals surface area contributed by atoms with Gasteiger partial charge in [0.25, 0.3) is 0 Å². The molecule has 0 radical (unpaired) electrons. The highest BCUT2D eigenvalue weighted by atomic mass is 16.6. The van der Waals surface area contributed by atoms with E-state index in [1.165, 1.54) is 116 Å². The maximum atomic E-state index is 12.7. The predicted octanol–water partition coefficient (Wildman–Crippen LogP) is 13.6. The van der Waals surface area contributed by atoms with Gasteiger partial charge >= 0.3 is 17.9 Å². The van der Waals surface area contributed by atoms with Gasteiger partial charge in [-0.05, 0) is 70.6 Å². The Morgan fingerprint density at radius 1 is 0.373 bits per heavy atom. The molecule has 0 spiro atoms. The summed E-state index contributed by atoms with van der Waals surface area (Å²) in [5, 5.41) is 0. The zero-order chi connectivity index (χ0) is 37.3. The molecule has 0 rings (SSSR count). The van der Waals surface area contributed by atoms with Gasteiger partial charge < -0.3 is 14.2 Å². The summed E-state index contributed by atoms with van der Waals surface area (Å²) in [4.78, 5) is 37.6. The number of carbonyl (C=O) groups is 3. The van der Waals surface area contributed by atoms with Crippen LogP contribution in [0.1, 0.15) is 226 Å². The molecule has 0 fully saturated rings. The van der Waals surface area contributed by atoms with Crippen molar-refractivity contribution in [3.63, 3.8) is 0 Å². The second-order valence-corrected chi connectivity index (χ2v) is 14.6. The molecule has 0 aliphatic rings. The van der Waals surface area contributed by atoms with Crippen LogP contribution in [0.3, 0.4) is 0 Å². The molecule has 0 unspecified atom stereocenters. The molecule has 0 aromatic rings. The first-order valence-corrected chi connectivity index (χ1v) is 21.8. The van der Waals surface area contributed by atoms with Crippen molar-refractivity contribution in [3.05, 3.63) is 24.3 Å². The standard InChI is InChI=1S/C45H82O6/c1-4-7-10-13-16-19-21-23-26-29-32-35-38-44(47)50-41-42(40-49-43(46)37-34-31-28-25-18-15-12-9-6-3)51-45(48)39-36-33-30-27-24-22-20-17-14-11-8-5-2/h16-17,19-20,42H,4-15,18,21-41H2,1-3H3/b19-16-,20-17-/t42-/m1/s1. The van der Waals surface area contributed by atoms with E-state index >= 15 is 0 Å². The molecule has 0 heterocycles. The van der Waals surface area contributed by atoms with Gasteiger partial charge in [-0.25, -0.2) is 0 Å². The van der Waals surface area contributed by atoms with Crippen molar-refractivity contribution >= 4 is 17.9 Å². The lowest BCUT2D eigenvalue weighted by molar-refractivity contribution is -0.167. The zero-order valence-electron chi connectivity index (χ0n) is 33.9. The molecule has 51 heavy (non-hydrogen) atoms. The van der Waals surface area contributed by atoms with Crippen LogP contribution in [0.2, 0.25) is 0 Å². The lowest BCUT2D eigenvalue weighted by atomic mass is 10.1. The average Bonchev–Trinajstić information content (AvgIpc) is 3.12. The van der Waals surface area contributed by atoms with Crippen molar-refractivity contribution in [3.8, 4) is 0 Å². The smallest absolute Gasteiger partial charge is 0.306 e. The summed E-state index contributed by atoms with van der Waals surface area (Å²) in [5.74, 6) is -0.896. The number of rotatable bonds is 39. The van der Waals surface area contributed by atoms with Crippen molar-refractivity contribution in [1.29, 1.82) is 0 Å². The number of unbranched alkanes of at least 4 members (excludes halogenated alkanes) is 24. The van der Waals surface area contributed by atoms with Gasteiger partial charge in [0, 0.05) is 19.3 Å². The van der Waals surface area contributed by atoms with Gasteiger partial charge in [0.2, 0.25) is 0 Å². The third-order valence-electron chi connectivity index (χ3n) is 9.43. The molecule has 298 valence electrons. The van der Waals surface area contributed by atoms with Gasteiger partial charge in [0.15, 0.2) is 6.10 Å². The van der Waals surface area contributed by atoms with E-state index in [1.54, 1.807) is 0 Å². The summed E-state index contributed by atoms with van der Waals surface area (Å²) in [6.45, 7) is 6.55. The van der Waals surface area contributed by atoms with Crippen LogP contribution in [0, 0.1) is 0 Å². The SMILES string of the molecule is CCCCC/C=C\CCCCCCCC(=O)OC[C@@H](COC(=O)CCCCCCCCCCC)OC(=O)CCCCCCC/C=C\CCCCC. The number of carbonyl (C=O) groups excluding carboxylic acids is 3. The molecule has 0 amide bonds. The Kier molecular flexibility index (Phi) is 39.0. The molecule has 0 aliphatic carbocycles. The first kappa shape index (κ1) is 48.9. The van der Waals surface area contributed by atoms with Gasteiger partial charge in [-0.2, -0.15) is 0 Å². The van der Waals surface area contributed by atoms with Gasteiger partial charge in [-0.15, -0.1) is 0 Å². The fourth-order valence-corrected chi connectivity index (χ4v) is 6.08. The monoisotopic (exact) mass is 719 g/mol. The first-order chi connectivity index (χ1) is 25.0. The Morgan fingerprint density at radius 3 is 1.02 bits per heavy atom. The minimum atomic E-state index is -0.771. The Labute approximate surface area is 315 Å². The van der Waals surface area contributed by atoms with E-state index in [1.807, 2.05) is 0 Å². The average molecular weight is 719 g/mol. The Bertz CT molecular complexity index is 835. The molecular weight excluding hydrogens is 636 g/mol. The molecule has 0 saturated carbocycles. The third kappa shape index (κ3) is 38.9. The van der Waals surface area contributed by atoms with Crippen molar-refractivity contribution in [2.45, 2.75) is 232 Å². The lowest BCUT2D eigenvalue weighted by Crippen LogP contribution is -2.30. The quantitative estimate of drug-likeness (QED) is 0.0272. The summed E-state index contributed by atoms with van der Waals surface area (Å²) >= 11 is 0. The largest absolute Gasteiger partial charge is 0.462 e. The van der Waals surface area contributed by atoms with Crippen LogP contribution in [0.4, 0.5) is 0 Å². The predicted molar refractivity (Wildman–Crippen MR) is 215 cm³/mol. The second-order valence-electron chi connectivity index (χ2n) is 14.6. The van der Waals surface area contributed by atoms with E-state index in [0.29, 0.717) is 19.3 Å². The molecule has 0 aliphatic heterocycles. The van der Waals surface area contributed by atoms with E-state index in [-0.39, 0.29) is 31.1 Å². The highest BCUT2D eigenvalue weighted by molar-refractivity contribution is 5.71. The summed E-state index contributed by atoms with van der Waals surface area (Å²) < 4.78 is 16.6. The molecule has 1 atom stereocenters. The van der Waals surface area contributed by atoms with Crippen LogP contribution in [0.25, 0.3) is 0 Å². The summed E-state index contributed by atoms with van der Waals surface area (Å²) in [5.41, 5.74) is 0. The van der Waals surface area contributed by atoms with Gasteiger partial charge in [0.1, 0.15) is 13.2 Å². The Balaban J connectivity index is 4.38. The van der Waals surface area contributed by atoms with Crippen molar-refractivity contribution in [2.24, 2.45) is 0 Å². The van der Waals surface area contributed by atoms with Crippen molar-refractivity contribution in [2.75, 3.05) is 13.2 Å². The minimum absolute atomic E-state index is 0.0751. The van der Waals surface area contributed by atoms with Crippen LogP contribution in [-0.4, -0.2) is 37.2 Å². The molecule has 0 N–H and O–H groups in total. The first-order valence-electron chi connectivity index (χ1n) is 21.8. The van der Waals surface area contributed by atoms with Crippen LogP contribution in [-0.2, 0) is 28.6 Å². The van der Waals surface area contributed by atoms with Gasteiger partial charge in [-0.3, -0.25) is 14.4 Å². The Hall–Kier alpha value is -2.11. The fourth-order valence-electron chi connectivity index (χ4n) is 6.08. The molecular formula is C45H82O6. The number of ether oxygens (including phenoxy) is 3. The maximum absolute atomic E-state index is 12.7. The minimum Gasteiger partial charge on any atom is -0.462 e. The van der Waals surface area contributed by atoms with Crippen LogP contribution >= 0.6 is 0 Å². The van der Waals surface area contributed by atoms with E-state index in [0.717, 1.165) is 70.6 Å². The molecule has 0 aromatic heterocycles. The molecule has 0 saturated heterocycles. The molecule has 0 aromatic carbocycles. The number of hydrogen-bond acceptors (Lipinski definition) is 6. The highest BCUT2D eigenvalue weighted by Gasteiger charge is 2.19.